The summed E-state index contributed by atoms with van der Waals surface area (Å²) in [5.41, 5.74) is 5.74. The lowest BCUT2D eigenvalue weighted by atomic mass is 9.85. The Morgan fingerprint density at radius 3 is 2.38 bits per heavy atom. The molecule has 0 saturated carbocycles. The Bertz CT molecular complexity index is 2530. The number of fused-ring (bicyclic) bond motifs is 1. The lowest BCUT2D eigenvalue weighted by Gasteiger charge is -2.35. The molecule has 5 aromatic rings. The molecule has 1 saturated heterocycles. The number of carbonyl (C=O) groups is 4. The first-order chi connectivity index (χ1) is 32.4. The SMILES string of the molecule is CO[C@@H](C)c1c(NC(=O)Nc2cc(Cl)cnc2OCCNCCCCCCC(=O)NC(C(=O)N2C[C@H](O)C[C@H]2C(=O)N[C@@H](C)c2ccc(-c3scnc3C)cc2)C(C)(C)C)cnc2cc(Cl)nn12. The first-order valence-corrected chi connectivity index (χ1v) is 24.3. The molecule has 68 heavy (non-hydrogen) atoms. The zero-order chi connectivity index (χ0) is 49.1. The van der Waals surface area contributed by atoms with E-state index in [1.807, 2.05) is 71.3 Å². The van der Waals surface area contributed by atoms with Gasteiger partial charge in [0.1, 0.15) is 24.4 Å². The molecule has 21 heteroatoms. The number of pyridine rings is 1. The Labute approximate surface area is 410 Å². The van der Waals surface area contributed by atoms with Crippen molar-refractivity contribution in [3.63, 3.8) is 0 Å². The van der Waals surface area contributed by atoms with Crippen molar-refractivity contribution in [2.75, 3.05) is 44.0 Å². The van der Waals surface area contributed by atoms with E-state index in [1.54, 1.807) is 24.5 Å². The minimum atomic E-state index is -0.894. The van der Waals surface area contributed by atoms with E-state index in [0.29, 0.717) is 41.6 Å². The second-order valence-electron chi connectivity index (χ2n) is 17.9. The van der Waals surface area contributed by atoms with Gasteiger partial charge in [0.15, 0.2) is 10.8 Å². The topological polar surface area (TPSA) is 226 Å². The number of nitrogens with zero attached hydrogens (tertiary/aromatic N) is 6. The second-order valence-corrected chi connectivity index (χ2v) is 19.6. The fourth-order valence-electron chi connectivity index (χ4n) is 7.91. The number of amides is 5. The van der Waals surface area contributed by atoms with Crippen molar-refractivity contribution in [3.05, 3.63) is 81.4 Å². The van der Waals surface area contributed by atoms with Gasteiger partial charge in [0.05, 0.1) is 56.9 Å². The maximum Gasteiger partial charge on any atom is 0.323 e. The first-order valence-electron chi connectivity index (χ1n) is 22.7. The number of aliphatic hydroxyl groups excluding tert-OH is 1. The number of aliphatic hydroxyl groups is 1. The molecule has 1 aliphatic rings. The molecule has 1 fully saturated rings. The number of ether oxygens (including phenoxy) is 2. The van der Waals surface area contributed by atoms with Gasteiger partial charge < -0.3 is 46.1 Å². The van der Waals surface area contributed by atoms with Crippen LogP contribution >= 0.6 is 34.5 Å². The number of methoxy groups -OCH3 is 1. The number of urea groups is 1. The third kappa shape index (κ3) is 13.6. The van der Waals surface area contributed by atoms with Crippen LogP contribution in [0.15, 0.2) is 54.3 Å². The standard InChI is InChI=1S/C47H61Cl2N11O7S/c1-27(30-13-15-31(16-14-30)41-28(2)53-26-68-41)54-43(63)36-21-33(61)25-59(36)45(64)42(47(4,5)6)57-39(62)12-10-8-9-11-17-50-18-19-67-44-34(20-32(48)23-52-44)55-46(65)56-35-24-51-38-22-37(49)58-60(38)40(35)29(3)66-7/h13-16,20,22-24,26-27,29,33,36,42,50,61H,8-12,17-19,21,25H2,1-7H3,(H,54,63)(H,57,62)(H2,55,56,65)/t27-,29-,33+,36-,42?/m0/s1. The minimum absolute atomic E-state index is 0.00287. The number of hydrogen-bond donors (Lipinski definition) is 6. The Morgan fingerprint density at radius 1 is 0.941 bits per heavy atom. The number of benzene rings is 1. The molecule has 6 N–H and O–H groups in total. The molecule has 366 valence electrons. The highest BCUT2D eigenvalue weighted by Gasteiger charge is 2.44. The molecular weight excluding hydrogens is 934 g/mol. The predicted octanol–water partition coefficient (Wildman–Crippen LogP) is 7.50. The fraction of sp³-hybridized carbons (Fsp3) is 0.489. The van der Waals surface area contributed by atoms with Crippen LogP contribution < -0.4 is 31.3 Å². The normalized spacial score (nSPS) is 16.3. The van der Waals surface area contributed by atoms with Crippen LogP contribution in [0.4, 0.5) is 16.2 Å². The van der Waals surface area contributed by atoms with Crippen LogP contribution in [0.25, 0.3) is 16.1 Å². The third-order valence-corrected chi connectivity index (χ3v) is 13.0. The number of hydrogen-bond acceptors (Lipinski definition) is 13. The lowest BCUT2D eigenvalue weighted by molar-refractivity contribution is -0.144. The molecule has 0 spiro atoms. The van der Waals surface area contributed by atoms with E-state index in [1.165, 1.54) is 27.9 Å². The zero-order valence-corrected chi connectivity index (χ0v) is 41.7. The maximum absolute atomic E-state index is 14.1. The summed E-state index contributed by atoms with van der Waals surface area (Å²) in [5.74, 6) is -0.806. The molecule has 1 aliphatic heterocycles. The quantitative estimate of drug-likeness (QED) is 0.0393. The second kappa shape index (κ2) is 23.7. The van der Waals surface area contributed by atoms with Crippen molar-refractivity contribution in [2.45, 2.75) is 110 Å². The van der Waals surface area contributed by atoms with Gasteiger partial charge in [0.2, 0.25) is 23.6 Å². The number of aryl methyl sites for hydroxylation is 1. The summed E-state index contributed by atoms with van der Waals surface area (Å²) >= 11 is 13.9. The number of β-amino-alcohol motifs (C(OH)–C–C–N with tert-alkyl or cyclic N) is 1. The molecule has 5 heterocycles. The van der Waals surface area contributed by atoms with Gasteiger partial charge >= 0.3 is 6.03 Å². The smallest absolute Gasteiger partial charge is 0.323 e. The number of anilines is 2. The Hall–Kier alpha value is -5.44. The summed E-state index contributed by atoms with van der Waals surface area (Å²) in [6.45, 7) is 12.8. The van der Waals surface area contributed by atoms with Crippen molar-refractivity contribution < 1.29 is 33.8 Å². The summed E-state index contributed by atoms with van der Waals surface area (Å²) in [6.07, 6.45) is 5.15. The molecule has 0 radical (unpaired) electrons. The van der Waals surface area contributed by atoms with Crippen LogP contribution in [0.2, 0.25) is 10.2 Å². The van der Waals surface area contributed by atoms with Gasteiger partial charge in [-0.3, -0.25) is 14.4 Å². The van der Waals surface area contributed by atoms with E-state index < -0.39 is 41.6 Å². The number of unbranched alkanes of at least 4 members (excludes halogenated alkanes) is 3. The van der Waals surface area contributed by atoms with Gasteiger partial charge in [0, 0.05) is 45.3 Å². The third-order valence-electron chi connectivity index (χ3n) is 11.6. The molecular formula is C47H61Cl2N11O7S. The van der Waals surface area contributed by atoms with Crippen LogP contribution in [0, 0.1) is 12.3 Å². The minimum Gasteiger partial charge on any atom is -0.475 e. The van der Waals surface area contributed by atoms with Crippen molar-refractivity contribution in [3.8, 4) is 16.3 Å². The molecule has 0 aliphatic carbocycles. The van der Waals surface area contributed by atoms with Gasteiger partial charge in [-0.15, -0.1) is 11.3 Å². The number of nitrogens with one attached hydrogen (secondary N) is 5. The molecule has 4 aromatic heterocycles. The van der Waals surface area contributed by atoms with Gasteiger partial charge in [-0.1, -0.05) is 81.1 Å². The Morgan fingerprint density at radius 2 is 1.68 bits per heavy atom. The predicted molar refractivity (Wildman–Crippen MR) is 263 cm³/mol. The average Bonchev–Trinajstić information content (AvgIpc) is 4.02. The first kappa shape index (κ1) is 51.9. The highest BCUT2D eigenvalue weighted by molar-refractivity contribution is 7.13. The van der Waals surface area contributed by atoms with Crippen LogP contribution in [0.3, 0.4) is 0 Å². The van der Waals surface area contributed by atoms with E-state index >= 15 is 0 Å². The number of thiazole rings is 1. The van der Waals surface area contributed by atoms with E-state index in [4.69, 9.17) is 32.7 Å². The van der Waals surface area contributed by atoms with Crippen LogP contribution in [-0.2, 0) is 19.1 Å². The number of likely N-dealkylation sites (tertiary alicyclic amines) is 1. The van der Waals surface area contributed by atoms with Crippen molar-refractivity contribution in [1.29, 1.82) is 0 Å². The van der Waals surface area contributed by atoms with Crippen LogP contribution in [0.1, 0.15) is 102 Å². The summed E-state index contributed by atoms with van der Waals surface area (Å²) in [5, 5.41) is 30.3. The molecule has 0 bridgehead atoms. The average molecular weight is 995 g/mol. The van der Waals surface area contributed by atoms with E-state index in [9.17, 15) is 24.3 Å². The molecule has 5 amide bonds. The highest BCUT2D eigenvalue weighted by atomic mass is 35.5. The summed E-state index contributed by atoms with van der Waals surface area (Å²) in [7, 11) is 1.54. The molecule has 1 aromatic carbocycles. The Kier molecular flexibility index (Phi) is 18.1. The van der Waals surface area contributed by atoms with Crippen molar-refractivity contribution >= 4 is 75.3 Å². The van der Waals surface area contributed by atoms with Gasteiger partial charge in [-0.2, -0.15) is 5.10 Å². The molecule has 1 unspecified atom stereocenters. The van der Waals surface area contributed by atoms with Crippen molar-refractivity contribution in [1.82, 2.24) is 45.4 Å². The van der Waals surface area contributed by atoms with Gasteiger partial charge in [0.25, 0.3) is 0 Å². The summed E-state index contributed by atoms with van der Waals surface area (Å²) < 4.78 is 12.9. The van der Waals surface area contributed by atoms with E-state index in [0.717, 1.165) is 41.0 Å². The number of rotatable bonds is 21. The maximum atomic E-state index is 14.1. The Balaban J connectivity index is 0.896. The van der Waals surface area contributed by atoms with E-state index in [-0.39, 0.29) is 60.6 Å². The summed E-state index contributed by atoms with van der Waals surface area (Å²) in [4.78, 5) is 69.6. The lowest BCUT2D eigenvalue weighted by Crippen LogP contribution is -2.57. The molecule has 18 nitrogen and oxygen atoms in total. The number of aromatic nitrogens is 5. The summed E-state index contributed by atoms with van der Waals surface area (Å²) in [6, 6.07) is 8.38. The van der Waals surface area contributed by atoms with Gasteiger partial charge in [-0.25, -0.2) is 24.3 Å². The van der Waals surface area contributed by atoms with Crippen LogP contribution in [0.5, 0.6) is 5.88 Å². The van der Waals surface area contributed by atoms with Gasteiger partial charge in [-0.05, 0) is 62.8 Å². The van der Waals surface area contributed by atoms with E-state index in [2.05, 4.69) is 46.6 Å². The molecule has 6 rings (SSSR count). The van der Waals surface area contributed by atoms with Crippen molar-refractivity contribution in [2.24, 2.45) is 5.41 Å². The number of carbonyl (C=O) groups excluding carboxylic acids is 4. The van der Waals surface area contributed by atoms with Crippen LogP contribution in [-0.4, -0.2) is 110 Å². The molecule has 5 atom stereocenters. The number of halogens is 2. The zero-order valence-electron chi connectivity index (χ0n) is 39.4. The largest absolute Gasteiger partial charge is 0.475 e. The monoisotopic (exact) mass is 993 g/mol. The highest BCUT2D eigenvalue weighted by Crippen LogP contribution is 2.31. The fourth-order valence-corrected chi connectivity index (χ4v) is 9.06.